The summed E-state index contributed by atoms with van der Waals surface area (Å²) in [6, 6.07) is 0. The van der Waals surface area contributed by atoms with Gasteiger partial charge in [-0.05, 0) is 35.6 Å². The summed E-state index contributed by atoms with van der Waals surface area (Å²) in [6.07, 6.45) is 6.69. The molecule has 0 aliphatic heterocycles. The summed E-state index contributed by atoms with van der Waals surface area (Å²) in [7, 11) is 0. The van der Waals surface area contributed by atoms with E-state index in [2.05, 4.69) is 22.0 Å². The van der Waals surface area contributed by atoms with E-state index in [1.54, 1.807) is 0 Å². The molecule has 0 radical (unpaired) electrons. The zero-order valence-electron chi connectivity index (χ0n) is 4.73. The molecular formula is C7H9Br. The summed E-state index contributed by atoms with van der Waals surface area (Å²) >= 11 is 3.56. The largest absolute Gasteiger partial charge is 0.0709 e. The van der Waals surface area contributed by atoms with Crippen LogP contribution in [0.1, 0.15) is 19.3 Å². The van der Waals surface area contributed by atoms with Crippen LogP contribution in [0.2, 0.25) is 0 Å². The van der Waals surface area contributed by atoms with E-state index in [9.17, 15) is 0 Å². The minimum atomic E-state index is 0.917. The van der Waals surface area contributed by atoms with E-state index in [1.165, 1.54) is 23.7 Å². The molecule has 0 spiro atoms. The highest BCUT2D eigenvalue weighted by molar-refractivity contribution is 9.11. The van der Waals surface area contributed by atoms with E-state index in [1.807, 2.05) is 0 Å². The van der Waals surface area contributed by atoms with Gasteiger partial charge in [0, 0.05) is 0 Å². The molecular weight excluding hydrogens is 164 g/mol. The Kier molecular flexibility index (Phi) is 1.01. The monoisotopic (exact) mass is 172 g/mol. The van der Waals surface area contributed by atoms with Gasteiger partial charge < -0.3 is 0 Å². The molecule has 2 bridgehead atoms. The Morgan fingerprint density at radius 2 is 2.38 bits per heavy atom. The maximum atomic E-state index is 3.56. The van der Waals surface area contributed by atoms with Gasteiger partial charge in [0.25, 0.3) is 0 Å². The predicted octanol–water partition coefficient (Wildman–Crippen LogP) is 2.70. The van der Waals surface area contributed by atoms with Gasteiger partial charge in [0.1, 0.15) is 0 Å². The van der Waals surface area contributed by atoms with Crippen molar-refractivity contribution < 1.29 is 0 Å². The molecule has 2 aliphatic rings. The first-order valence-electron chi connectivity index (χ1n) is 3.23. The summed E-state index contributed by atoms with van der Waals surface area (Å²) in [5.74, 6) is 1.86. The van der Waals surface area contributed by atoms with Gasteiger partial charge in [0.2, 0.25) is 0 Å². The fraction of sp³-hybridized carbons (Fsp3) is 0.714. The van der Waals surface area contributed by atoms with E-state index in [0.29, 0.717) is 0 Å². The molecule has 1 saturated carbocycles. The zero-order valence-corrected chi connectivity index (χ0v) is 6.32. The summed E-state index contributed by atoms with van der Waals surface area (Å²) in [5, 5.41) is 0. The second-order valence-corrected chi connectivity index (χ2v) is 3.74. The van der Waals surface area contributed by atoms with Crippen LogP contribution >= 0.6 is 15.9 Å². The molecule has 44 valence electrons. The van der Waals surface area contributed by atoms with Crippen LogP contribution in [0.4, 0.5) is 0 Å². The van der Waals surface area contributed by atoms with Crippen LogP contribution in [0.5, 0.6) is 0 Å². The average molecular weight is 173 g/mol. The van der Waals surface area contributed by atoms with E-state index in [-0.39, 0.29) is 0 Å². The van der Waals surface area contributed by atoms with Crippen molar-refractivity contribution in [2.45, 2.75) is 19.3 Å². The molecule has 0 aromatic carbocycles. The molecule has 8 heavy (non-hydrogen) atoms. The molecule has 2 aliphatic carbocycles. The quantitative estimate of drug-likeness (QED) is 0.528. The lowest BCUT2D eigenvalue weighted by atomic mass is 10.1. The Labute approximate surface area is 58.1 Å². The third kappa shape index (κ3) is 0.572. The SMILES string of the molecule is BrC1=C[C@H]2CC[C@H]1C2. The van der Waals surface area contributed by atoms with Gasteiger partial charge in [-0.1, -0.05) is 22.0 Å². The van der Waals surface area contributed by atoms with Gasteiger partial charge >= 0.3 is 0 Å². The average Bonchev–Trinajstić information content (AvgIpc) is 2.23. The van der Waals surface area contributed by atoms with Crippen molar-refractivity contribution in [3.8, 4) is 0 Å². The van der Waals surface area contributed by atoms with Crippen molar-refractivity contribution in [1.82, 2.24) is 0 Å². The fourth-order valence-corrected chi connectivity index (χ4v) is 2.57. The molecule has 1 heteroatoms. The van der Waals surface area contributed by atoms with Crippen LogP contribution < -0.4 is 0 Å². The number of halogens is 1. The van der Waals surface area contributed by atoms with E-state index in [4.69, 9.17) is 0 Å². The third-order valence-corrected chi connectivity index (χ3v) is 3.17. The van der Waals surface area contributed by atoms with Crippen molar-refractivity contribution in [3.05, 3.63) is 10.6 Å². The lowest BCUT2D eigenvalue weighted by Crippen LogP contribution is -1.88. The Balaban J connectivity index is 2.29. The van der Waals surface area contributed by atoms with Crippen LogP contribution in [-0.4, -0.2) is 0 Å². The first-order chi connectivity index (χ1) is 3.86. The number of allylic oxidation sites excluding steroid dienone is 2. The smallest absolute Gasteiger partial charge is 0.00552 e. The molecule has 0 aromatic heterocycles. The number of fused-ring (bicyclic) bond motifs is 2. The van der Waals surface area contributed by atoms with E-state index < -0.39 is 0 Å². The fourth-order valence-electron chi connectivity index (χ4n) is 1.78. The molecule has 2 atom stereocenters. The Morgan fingerprint density at radius 3 is 2.62 bits per heavy atom. The first kappa shape index (κ1) is 5.04. The molecule has 0 saturated heterocycles. The lowest BCUT2D eigenvalue weighted by Gasteiger charge is -2.03. The lowest BCUT2D eigenvalue weighted by molar-refractivity contribution is 0.688. The maximum absolute atomic E-state index is 3.56. The number of hydrogen-bond donors (Lipinski definition) is 0. The second kappa shape index (κ2) is 1.60. The second-order valence-electron chi connectivity index (χ2n) is 2.82. The number of hydrogen-bond acceptors (Lipinski definition) is 0. The van der Waals surface area contributed by atoms with Crippen molar-refractivity contribution in [1.29, 1.82) is 0 Å². The van der Waals surface area contributed by atoms with Gasteiger partial charge in [0.15, 0.2) is 0 Å². The highest BCUT2D eigenvalue weighted by Gasteiger charge is 2.30. The summed E-state index contributed by atoms with van der Waals surface area (Å²) < 4.78 is 1.48. The molecule has 2 rings (SSSR count). The van der Waals surface area contributed by atoms with Gasteiger partial charge in [-0.2, -0.15) is 0 Å². The zero-order chi connectivity index (χ0) is 5.56. The van der Waals surface area contributed by atoms with Gasteiger partial charge in [0.05, 0.1) is 0 Å². The summed E-state index contributed by atoms with van der Waals surface area (Å²) in [5.41, 5.74) is 0. The van der Waals surface area contributed by atoms with Crippen molar-refractivity contribution in [2.75, 3.05) is 0 Å². The van der Waals surface area contributed by atoms with Crippen LogP contribution in [0.3, 0.4) is 0 Å². The molecule has 0 unspecified atom stereocenters. The van der Waals surface area contributed by atoms with Crippen LogP contribution in [0.15, 0.2) is 10.6 Å². The van der Waals surface area contributed by atoms with Crippen molar-refractivity contribution >= 4 is 15.9 Å². The molecule has 0 heterocycles. The Bertz CT molecular complexity index is 137. The highest BCUT2D eigenvalue weighted by atomic mass is 79.9. The third-order valence-electron chi connectivity index (χ3n) is 2.26. The molecule has 0 nitrogen and oxygen atoms in total. The van der Waals surface area contributed by atoms with Crippen LogP contribution in [-0.2, 0) is 0 Å². The van der Waals surface area contributed by atoms with Crippen LogP contribution in [0.25, 0.3) is 0 Å². The van der Waals surface area contributed by atoms with E-state index >= 15 is 0 Å². The van der Waals surface area contributed by atoms with Gasteiger partial charge in [-0.15, -0.1) is 0 Å². The van der Waals surface area contributed by atoms with Gasteiger partial charge in [-0.3, -0.25) is 0 Å². The minimum absolute atomic E-state index is 0.917. The Morgan fingerprint density at radius 1 is 1.50 bits per heavy atom. The van der Waals surface area contributed by atoms with Crippen molar-refractivity contribution in [2.24, 2.45) is 11.8 Å². The highest BCUT2D eigenvalue weighted by Crippen LogP contribution is 2.45. The topological polar surface area (TPSA) is 0 Å². The first-order valence-corrected chi connectivity index (χ1v) is 4.03. The summed E-state index contributed by atoms with van der Waals surface area (Å²) in [4.78, 5) is 0. The van der Waals surface area contributed by atoms with Gasteiger partial charge in [-0.25, -0.2) is 0 Å². The maximum Gasteiger partial charge on any atom is -0.00552 e. The van der Waals surface area contributed by atoms with Crippen LogP contribution in [0, 0.1) is 11.8 Å². The van der Waals surface area contributed by atoms with Crippen molar-refractivity contribution in [3.63, 3.8) is 0 Å². The summed E-state index contributed by atoms with van der Waals surface area (Å²) in [6.45, 7) is 0. The minimum Gasteiger partial charge on any atom is -0.0709 e. The molecule has 0 amide bonds. The normalized spacial score (nSPS) is 42.9. The molecule has 0 aromatic rings. The molecule has 1 fully saturated rings. The Hall–Kier alpha value is 0.220. The predicted molar refractivity (Wildman–Crippen MR) is 37.8 cm³/mol. The number of rotatable bonds is 0. The standard InChI is InChI=1S/C7H9Br/c8-7-4-5-1-2-6(7)3-5/h4-6H,1-3H2/t5-,6-/m0/s1. The molecule has 0 N–H and O–H groups in total. The van der Waals surface area contributed by atoms with E-state index in [0.717, 1.165) is 11.8 Å².